The summed E-state index contributed by atoms with van der Waals surface area (Å²) in [4.78, 5) is 9.04. The van der Waals surface area contributed by atoms with E-state index in [4.69, 9.17) is 22.2 Å². The van der Waals surface area contributed by atoms with Gasteiger partial charge in [0, 0.05) is 16.5 Å². The molecule has 112 valence electrons. The van der Waals surface area contributed by atoms with Crippen molar-refractivity contribution < 1.29 is 4.74 Å². The highest BCUT2D eigenvalue weighted by Crippen LogP contribution is 2.32. The van der Waals surface area contributed by atoms with Gasteiger partial charge in [0.05, 0.1) is 18.4 Å². The summed E-state index contributed by atoms with van der Waals surface area (Å²) in [5, 5.41) is 0.597. The molecule has 0 atom stereocenters. The molecular weight excluding hydrogens is 288 g/mol. The highest BCUT2D eigenvalue weighted by Gasteiger charge is 2.19. The maximum atomic E-state index is 5.99. The molecule has 21 heavy (non-hydrogen) atoms. The number of nitrogens with two attached hydrogens (primary N) is 1. The van der Waals surface area contributed by atoms with Crippen LogP contribution in [0, 0.1) is 0 Å². The summed E-state index contributed by atoms with van der Waals surface area (Å²) in [7, 11) is 1.59. The molecule has 0 saturated carbocycles. The number of nitrogen functional groups attached to an aromatic ring is 1. The Bertz CT molecular complexity index is 653. The maximum Gasteiger partial charge on any atom is 0.165 e. The van der Waals surface area contributed by atoms with Crippen molar-refractivity contribution in [1.82, 2.24) is 9.97 Å². The van der Waals surface area contributed by atoms with Crippen molar-refractivity contribution in [3.63, 3.8) is 0 Å². The summed E-state index contributed by atoms with van der Waals surface area (Å²) in [6, 6.07) is 7.19. The number of anilines is 1. The van der Waals surface area contributed by atoms with Gasteiger partial charge >= 0.3 is 0 Å². The second-order valence-electron chi connectivity index (χ2n) is 5.70. The van der Waals surface area contributed by atoms with Crippen molar-refractivity contribution >= 4 is 17.4 Å². The van der Waals surface area contributed by atoms with Crippen LogP contribution in [0.4, 0.5) is 5.82 Å². The van der Waals surface area contributed by atoms with Gasteiger partial charge in [-0.1, -0.05) is 32.4 Å². The fraction of sp³-hybridized carbons (Fsp3) is 0.333. The van der Waals surface area contributed by atoms with Crippen molar-refractivity contribution in [2.45, 2.75) is 26.2 Å². The topological polar surface area (TPSA) is 73.1 Å². The number of methoxy groups -OCH3 is 1. The molecule has 0 amide bonds. The van der Waals surface area contributed by atoms with E-state index < -0.39 is 0 Å². The van der Waals surface area contributed by atoms with E-state index in [1.54, 1.807) is 19.2 Å². The van der Waals surface area contributed by atoms with Crippen molar-refractivity contribution in [2.24, 2.45) is 5.84 Å². The fourth-order valence-corrected chi connectivity index (χ4v) is 2.04. The first-order valence-corrected chi connectivity index (χ1v) is 6.93. The van der Waals surface area contributed by atoms with Gasteiger partial charge in [0.2, 0.25) is 0 Å². The lowest BCUT2D eigenvalue weighted by Crippen LogP contribution is -2.17. The zero-order valence-corrected chi connectivity index (χ0v) is 13.3. The first-order valence-electron chi connectivity index (χ1n) is 6.55. The number of nitrogens with one attached hydrogen (secondary N) is 1. The lowest BCUT2D eigenvalue weighted by molar-refractivity contribution is 0.416. The molecule has 0 unspecified atom stereocenters. The van der Waals surface area contributed by atoms with Crippen LogP contribution >= 0.6 is 11.6 Å². The smallest absolute Gasteiger partial charge is 0.165 e. The van der Waals surface area contributed by atoms with Crippen LogP contribution in [-0.2, 0) is 5.41 Å². The van der Waals surface area contributed by atoms with Crippen LogP contribution in [0.25, 0.3) is 11.4 Å². The third-order valence-electron chi connectivity index (χ3n) is 3.05. The molecule has 3 N–H and O–H groups in total. The molecule has 0 spiro atoms. The number of nitrogens with zero attached hydrogens (tertiary/aromatic N) is 2. The number of rotatable bonds is 3. The van der Waals surface area contributed by atoms with Crippen LogP contribution in [0.5, 0.6) is 5.75 Å². The number of hydrazine groups is 1. The van der Waals surface area contributed by atoms with Gasteiger partial charge in [0.1, 0.15) is 11.6 Å². The Morgan fingerprint density at radius 3 is 2.48 bits per heavy atom. The molecule has 5 nitrogen and oxygen atoms in total. The zero-order valence-electron chi connectivity index (χ0n) is 12.6. The Labute approximate surface area is 129 Å². The lowest BCUT2D eigenvalue weighted by atomic mass is 9.92. The van der Waals surface area contributed by atoms with E-state index in [9.17, 15) is 0 Å². The van der Waals surface area contributed by atoms with E-state index in [1.807, 2.05) is 12.1 Å². The molecule has 0 aliphatic heterocycles. The number of ether oxygens (including phenoxy) is 1. The van der Waals surface area contributed by atoms with Gasteiger partial charge in [-0.25, -0.2) is 15.8 Å². The summed E-state index contributed by atoms with van der Waals surface area (Å²) in [5.41, 5.74) is 4.11. The Morgan fingerprint density at radius 1 is 1.19 bits per heavy atom. The van der Waals surface area contributed by atoms with E-state index in [0.717, 1.165) is 11.3 Å². The van der Waals surface area contributed by atoms with Crippen molar-refractivity contribution in [1.29, 1.82) is 0 Å². The van der Waals surface area contributed by atoms with E-state index in [1.165, 1.54) is 0 Å². The number of halogens is 1. The number of aromatic nitrogens is 2. The maximum absolute atomic E-state index is 5.99. The summed E-state index contributed by atoms with van der Waals surface area (Å²) in [6.45, 7) is 6.25. The molecule has 2 rings (SSSR count). The zero-order chi connectivity index (χ0) is 15.6. The van der Waals surface area contributed by atoms with Crippen LogP contribution in [0.1, 0.15) is 26.5 Å². The van der Waals surface area contributed by atoms with Crippen molar-refractivity contribution in [3.8, 4) is 17.1 Å². The van der Waals surface area contributed by atoms with Crippen LogP contribution in [0.2, 0.25) is 5.02 Å². The van der Waals surface area contributed by atoms with Gasteiger partial charge in [0.25, 0.3) is 0 Å². The van der Waals surface area contributed by atoms with E-state index in [2.05, 4.69) is 36.2 Å². The number of hydrogen-bond donors (Lipinski definition) is 2. The van der Waals surface area contributed by atoms with Crippen molar-refractivity contribution in [3.05, 3.63) is 35.0 Å². The Hall–Kier alpha value is -1.85. The highest BCUT2D eigenvalue weighted by molar-refractivity contribution is 6.30. The molecule has 2 aromatic rings. The SMILES string of the molecule is COc1cc(Cl)ccc1-c1nc(NN)cc(C(C)(C)C)n1. The Balaban J connectivity index is 2.63. The molecular formula is C15H19ClN4O. The van der Waals surface area contributed by atoms with E-state index >= 15 is 0 Å². The second kappa shape index (κ2) is 5.87. The van der Waals surface area contributed by atoms with Gasteiger partial charge in [-0.05, 0) is 18.2 Å². The summed E-state index contributed by atoms with van der Waals surface area (Å²) in [6.07, 6.45) is 0. The quantitative estimate of drug-likeness (QED) is 0.671. The molecule has 1 aromatic carbocycles. The highest BCUT2D eigenvalue weighted by atomic mass is 35.5. The van der Waals surface area contributed by atoms with Crippen LogP contribution < -0.4 is 16.0 Å². The average Bonchev–Trinajstić information content (AvgIpc) is 2.45. The lowest BCUT2D eigenvalue weighted by Gasteiger charge is -2.19. The van der Waals surface area contributed by atoms with Crippen LogP contribution in [0.3, 0.4) is 0 Å². The molecule has 0 saturated heterocycles. The predicted octanol–water partition coefficient (Wildman–Crippen LogP) is 3.39. The number of hydrogen-bond acceptors (Lipinski definition) is 5. The first kappa shape index (κ1) is 15.5. The minimum atomic E-state index is -0.122. The largest absolute Gasteiger partial charge is 0.496 e. The molecule has 6 heteroatoms. The van der Waals surface area contributed by atoms with Gasteiger partial charge in [0.15, 0.2) is 5.82 Å². The molecule has 1 heterocycles. The molecule has 0 bridgehead atoms. The number of benzene rings is 1. The van der Waals surface area contributed by atoms with E-state index in [0.29, 0.717) is 22.4 Å². The minimum Gasteiger partial charge on any atom is -0.496 e. The third-order valence-corrected chi connectivity index (χ3v) is 3.28. The van der Waals surface area contributed by atoms with E-state index in [-0.39, 0.29) is 5.41 Å². The van der Waals surface area contributed by atoms with Crippen LogP contribution in [-0.4, -0.2) is 17.1 Å². The van der Waals surface area contributed by atoms with Crippen LogP contribution in [0.15, 0.2) is 24.3 Å². The normalized spacial score (nSPS) is 11.3. The predicted molar refractivity (Wildman–Crippen MR) is 85.5 cm³/mol. The molecule has 0 aliphatic carbocycles. The van der Waals surface area contributed by atoms with Crippen molar-refractivity contribution in [2.75, 3.05) is 12.5 Å². The summed E-state index contributed by atoms with van der Waals surface area (Å²) >= 11 is 5.99. The van der Waals surface area contributed by atoms with Gasteiger partial charge in [-0.3, -0.25) is 0 Å². The minimum absolute atomic E-state index is 0.122. The monoisotopic (exact) mass is 306 g/mol. The van der Waals surface area contributed by atoms with Gasteiger partial charge in [-0.2, -0.15) is 0 Å². The molecule has 1 aromatic heterocycles. The van der Waals surface area contributed by atoms with Gasteiger partial charge < -0.3 is 10.2 Å². The first-order chi connectivity index (χ1) is 9.85. The third kappa shape index (κ3) is 3.43. The molecule has 0 radical (unpaired) electrons. The standard InChI is InChI=1S/C15H19ClN4O/c1-15(2,3)12-8-13(20-17)19-14(18-12)10-6-5-9(16)7-11(10)21-4/h5-8H,17H2,1-4H3,(H,18,19,20). The average molecular weight is 307 g/mol. The summed E-state index contributed by atoms with van der Waals surface area (Å²) < 4.78 is 5.36. The Kier molecular flexibility index (Phi) is 4.34. The second-order valence-corrected chi connectivity index (χ2v) is 6.14. The molecule has 0 aliphatic rings. The Morgan fingerprint density at radius 2 is 1.90 bits per heavy atom. The van der Waals surface area contributed by atoms with Gasteiger partial charge in [-0.15, -0.1) is 0 Å². The summed E-state index contributed by atoms with van der Waals surface area (Å²) in [5.74, 6) is 7.24. The molecule has 0 fully saturated rings. The fourth-order valence-electron chi connectivity index (χ4n) is 1.88.